The molecule has 1 N–H and O–H groups in total. The number of aryl methyl sites for hydroxylation is 1. The summed E-state index contributed by atoms with van der Waals surface area (Å²) in [5, 5.41) is 11.0. The topological polar surface area (TPSA) is 94.3 Å². The second-order valence-corrected chi connectivity index (χ2v) is 6.49. The van der Waals surface area contributed by atoms with Crippen LogP contribution in [0.5, 0.6) is 0 Å². The van der Waals surface area contributed by atoms with Gasteiger partial charge >= 0.3 is 5.97 Å². The summed E-state index contributed by atoms with van der Waals surface area (Å²) in [4.78, 5) is 24.0. The number of thioether (sulfide) groups is 1. The highest BCUT2D eigenvalue weighted by atomic mass is 32.2. The number of esters is 1. The minimum absolute atomic E-state index is 0.0604. The van der Waals surface area contributed by atoms with Crippen molar-refractivity contribution in [3.8, 4) is 11.5 Å². The molecule has 3 aromatic rings. The summed E-state index contributed by atoms with van der Waals surface area (Å²) in [5.41, 5.74) is 2.56. The van der Waals surface area contributed by atoms with Gasteiger partial charge in [0, 0.05) is 5.56 Å². The van der Waals surface area contributed by atoms with Gasteiger partial charge in [-0.1, -0.05) is 42.1 Å². The average Bonchev–Trinajstić information content (AvgIpc) is 3.15. The predicted octanol–water partition coefficient (Wildman–Crippen LogP) is 3.56. The number of carbonyl (C=O) groups excluding carboxylic acids is 2. The van der Waals surface area contributed by atoms with Gasteiger partial charge in [-0.3, -0.25) is 4.79 Å². The molecule has 27 heavy (non-hydrogen) atoms. The lowest BCUT2D eigenvalue weighted by Gasteiger charge is -2.08. The zero-order valence-electron chi connectivity index (χ0n) is 14.8. The van der Waals surface area contributed by atoms with E-state index in [4.69, 9.17) is 9.15 Å². The van der Waals surface area contributed by atoms with Crippen molar-refractivity contribution in [3.05, 3.63) is 59.7 Å². The Balaban J connectivity index is 1.62. The summed E-state index contributed by atoms with van der Waals surface area (Å²) in [5.74, 6) is -0.345. The summed E-state index contributed by atoms with van der Waals surface area (Å²) in [7, 11) is 1.29. The van der Waals surface area contributed by atoms with Crippen molar-refractivity contribution < 1.29 is 18.7 Å². The van der Waals surface area contributed by atoms with E-state index in [9.17, 15) is 9.59 Å². The van der Waals surface area contributed by atoms with Gasteiger partial charge in [-0.05, 0) is 30.7 Å². The summed E-state index contributed by atoms with van der Waals surface area (Å²) in [6.07, 6.45) is 0. The van der Waals surface area contributed by atoms with E-state index in [-0.39, 0.29) is 17.2 Å². The molecule has 0 spiro atoms. The Morgan fingerprint density at radius 1 is 1.11 bits per heavy atom. The third kappa shape index (κ3) is 4.53. The normalized spacial score (nSPS) is 10.4. The van der Waals surface area contributed by atoms with Crippen molar-refractivity contribution in [3.63, 3.8) is 0 Å². The Morgan fingerprint density at radius 3 is 2.63 bits per heavy atom. The first-order valence-electron chi connectivity index (χ1n) is 8.08. The summed E-state index contributed by atoms with van der Waals surface area (Å²) >= 11 is 1.12. The number of amides is 1. The van der Waals surface area contributed by atoms with E-state index >= 15 is 0 Å². The Kier molecular flexibility index (Phi) is 5.87. The molecule has 1 aromatic heterocycles. The van der Waals surface area contributed by atoms with Crippen LogP contribution in [0.15, 0.2) is 58.2 Å². The first kappa shape index (κ1) is 18.7. The number of para-hydroxylation sites is 1. The molecule has 8 heteroatoms. The van der Waals surface area contributed by atoms with Crippen molar-refractivity contribution in [1.29, 1.82) is 0 Å². The molecule has 0 bridgehead atoms. The van der Waals surface area contributed by atoms with E-state index < -0.39 is 5.97 Å². The number of hydrogen-bond acceptors (Lipinski definition) is 7. The van der Waals surface area contributed by atoms with Crippen LogP contribution in [0.2, 0.25) is 0 Å². The molecule has 2 aromatic carbocycles. The van der Waals surface area contributed by atoms with Crippen molar-refractivity contribution in [2.75, 3.05) is 18.2 Å². The fraction of sp³-hybridized carbons (Fsp3) is 0.158. The van der Waals surface area contributed by atoms with Crippen molar-refractivity contribution in [2.45, 2.75) is 12.1 Å². The predicted molar refractivity (Wildman–Crippen MR) is 102 cm³/mol. The van der Waals surface area contributed by atoms with Gasteiger partial charge < -0.3 is 14.5 Å². The van der Waals surface area contributed by atoms with Crippen LogP contribution in [0.1, 0.15) is 15.9 Å². The van der Waals surface area contributed by atoms with Gasteiger partial charge in [0.2, 0.25) is 11.8 Å². The number of rotatable bonds is 6. The van der Waals surface area contributed by atoms with Gasteiger partial charge in [0.05, 0.1) is 24.1 Å². The Hall–Kier alpha value is -3.13. The van der Waals surface area contributed by atoms with Gasteiger partial charge in [0.15, 0.2) is 0 Å². The molecule has 3 rings (SSSR count). The van der Waals surface area contributed by atoms with Crippen LogP contribution in [0.25, 0.3) is 11.5 Å². The highest BCUT2D eigenvalue weighted by Gasteiger charge is 2.15. The lowest BCUT2D eigenvalue weighted by Crippen LogP contribution is -2.17. The molecule has 1 amide bonds. The molecular weight excluding hydrogens is 366 g/mol. The monoisotopic (exact) mass is 383 g/mol. The number of nitrogens with one attached hydrogen (secondary N) is 1. The van der Waals surface area contributed by atoms with E-state index in [2.05, 4.69) is 15.5 Å². The summed E-state index contributed by atoms with van der Waals surface area (Å²) in [6.45, 7) is 1.96. The van der Waals surface area contributed by atoms with E-state index in [1.165, 1.54) is 7.11 Å². The Bertz CT molecular complexity index is 971. The zero-order valence-corrected chi connectivity index (χ0v) is 15.6. The number of hydrogen-bond donors (Lipinski definition) is 1. The van der Waals surface area contributed by atoms with Gasteiger partial charge in [0.1, 0.15) is 0 Å². The summed E-state index contributed by atoms with van der Waals surface area (Å²) in [6, 6.07) is 14.3. The molecule has 0 saturated carbocycles. The Morgan fingerprint density at radius 2 is 1.85 bits per heavy atom. The molecule has 138 valence electrons. The molecule has 0 aliphatic rings. The van der Waals surface area contributed by atoms with Gasteiger partial charge in [0.25, 0.3) is 5.22 Å². The highest BCUT2D eigenvalue weighted by Crippen LogP contribution is 2.25. The van der Waals surface area contributed by atoms with Crippen LogP contribution in [-0.4, -0.2) is 34.9 Å². The minimum Gasteiger partial charge on any atom is -0.465 e. The zero-order chi connectivity index (χ0) is 19.2. The van der Waals surface area contributed by atoms with Crippen molar-refractivity contribution in [2.24, 2.45) is 0 Å². The minimum atomic E-state index is -0.515. The Labute approximate surface area is 160 Å². The van der Waals surface area contributed by atoms with Crippen LogP contribution in [0.4, 0.5) is 5.69 Å². The number of aromatic nitrogens is 2. The van der Waals surface area contributed by atoms with E-state index in [0.29, 0.717) is 16.8 Å². The third-order valence-electron chi connectivity index (χ3n) is 3.72. The van der Waals surface area contributed by atoms with Crippen LogP contribution >= 0.6 is 11.8 Å². The van der Waals surface area contributed by atoms with E-state index in [1.54, 1.807) is 24.3 Å². The molecule has 1 heterocycles. The van der Waals surface area contributed by atoms with E-state index in [0.717, 1.165) is 22.9 Å². The summed E-state index contributed by atoms with van der Waals surface area (Å²) < 4.78 is 10.3. The SMILES string of the molecule is COC(=O)c1ccccc1NC(=O)CSc1nnc(-c2ccccc2C)o1. The van der Waals surface area contributed by atoms with Crippen molar-refractivity contribution in [1.82, 2.24) is 10.2 Å². The fourth-order valence-corrected chi connectivity index (χ4v) is 2.95. The maximum Gasteiger partial charge on any atom is 0.339 e. The molecular formula is C19H17N3O4S. The molecule has 0 radical (unpaired) electrons. The average molecular weight is 383 g/mol. The van der Waals surface area contributed by atoms with Crippen LogP contribution in [-0.2, 0) is 9.53 Å². The third-order valence-corrected chi connectivity index (χ3v) is 4.53. The molecule has 0 unspecified atom stereocenters. The molecule has 7 nitrogen and oxygen atoms in total. The van der Waals surface area contributed by atoms with Crippen LogP contribution in [0, 0.1) is 6.92 Å². The number of methoxy groups -OCH3 is 1. The maximum absolute atomic E-state index is 12.2. The number of ether oxygens (including phenoxy) is 1. The lowest BCUT2D eigenvalue weighted by molar-refractivity contribution is -0.113. The smallest absolute Gasteiger partial charge is 0.339 e. The van der Waals surface area contributed by atoms with Crippen molar-refractivity contribution >= 4 is 29.3 Å². The first-order valence-corrected chi connectivity index (χ1v) is 9.06. The lowest BCUT2D eigenvalue weighted by atomic mass is 10.1. The largest absolute Gasteiger partial charge is 0.465 e. The quantitative estimate of drug-likeness (QED) is 0.514. The first-order chi connectivity index (χ1) is 13.1. The molecule has 0 atom stereocenters. The maximum atomic E-state index is 12.2. The highest BCUT2D eigenvalue weighted by molar-refractivity contribution is 7.99. The number of nitrogens with zero attached hydrogens (tertiary/aromatic N) is 2. The van der Waals surface area contributed by atoms with Crippen LogP contribution in [0.3, 0.4) is 0 Å². The van der Waals surface area contributed by atoms with Gasteiger partial charge in [-0.2, -0.15) is 0 Å². The van der Waals surface area contributed by atoms with E-state index in [1.807, 2.05) is 31.2 Å². The second-order valence-electron chi connectivity index (χ2n) is 5.56. The molecule has 0 saturated heterocycles. The number of carbonyl (C=O) groups is 2. The molecule has 0 aliphatic carbocycles. The van der Waals surface area contributed by atoms with Gasteiger partial charge in [-0.15, -0.1) is 10.2 Å². The number of benzene rings is 2. The molecule has 0 fully saturated rings. The fourth-order valence-electron chi connectivity index (χ4n) is 2.38. The van der Waals surface area contributed by atoms with Crippen LogP contribution < -0.4 is 5.32 Å². The standard InChI is InChI=1S/C19H17N3O4S/c1-12-7-3-4-8-13(12)17-21-22-19(26-17)27-11-16(23)20-15-10-6-5-9-14(15)18(24)25-2/h3-10H,11H2,1-2H3,(H,20,23). The van der Waals surface area contributed by atoms with Gasteiger partial charge in [-0.25, -0.2) is 4.79 Å². The molecule has 0 aliphatic heterocycles. The second kappa shape index (κ2) is 8.50. The number of anilines is 1.